The molecule has 0 heterocycles. The Hall–Kier alpha value is -2.00. The topological polar surface area (TPSA) is 158 Å². The highest BCUT2D eigenvalue weighted by molar-refractivity contribution is 5.90. The molecule has 0 saturated heterocycles. The van der Waals surface area contributed by atoms with Crippen molar-refractivity contribution in [1.29, 1.82) is 0 Å². The fraction of sp³-hybridized carbons (Fsp3) is 0.500. The number of rotatable bonds is 6. The van der Waals surface area contributed by atoms with Gasteiger partial charge < -0.3 is 25.2 Å². The first-order chi connectivity index (χ1) is 7.73. The number of aliphatic hydroxyl groups excluding tert-OH is 2. The first kappa shape index (κ1) is 15.0. The lowest BCUT2D eigenvalue weighted by Crippen LogP contribution is -2.28. The number of hydrogen-bond acceptors (Lipinski definition) is 7. The summed E-state index contributed by atoms with van der Waals surface area (Å²) < 4.78 is 3.97. The molecule has 0 amide bonds. The SMILES string of the molecule is O=C(CC(O)C(=O)O)OC(=O)CC(O)C(=O)O. The van der Waals surface area contributed by atoms with Crippen molar-refractivity contribution >= 4 is 23.9 Å². The van der Waals surface area contributed by atoms with Gasteiger partial charge in [-0.2, -0.15) is 0 Å². The van der Waals surface area contributed by atoms with Gasteiger partial charge in [-0.25, -0.2) is 9.59 Å². The number of carbonyl (C=O) groups excluding carboxylic acids is 2. The van der Waals surface area contributed by atoms with Crippen LogP contribution in [0.3, 0.4) is 0 Å². The zero-order chi connectivity index (χ0) is 13.6. The molecule has 0 spiro atoms. The lowest BCUT2D eigenvalue weighted by atomic mass is 10.2. The maximum absolute atomic E-state index is 10.8. The molecule has 2 atom stereocenters. The van der Waals surface area contributed by atoms with Gasteiger partial charge >= 0.3 is 23.9 Å². The van der Waals surface area contributed by atoms with Gasteiger partial charge in [0.25, 0.3) is 0 Å². The van der Waals surface area contributed by atoms with E-state index in [4.69, 9.17) is 20.4 Å². The number of hydrogen-bond donors (Lipinski definition) is 4. The number of carboxylic acids is 2. The lowest BCUT2D eigenvalue weighted by molar-refractivity contribution is -0.167. The van der Waals surface area contributed by atoms with Crippen LogP contribution in [-0.4, -0.2) is 56.5 Å². The largest absolute Gasteiger partial charge is 0.479 e. The second-order valence-corrected chi connectivity index (χ2v) is 2.96. The van der Waals surface area contributed by atoms with Crippen LogP contribution in [0.25, 0.3) is 0 Å². The van der Waals surface area contributed by atoms with Crippen molar-refractivity contribution in [3.05, 3.63) is 0 Å². The van der Waals surface area contributed by atoms with Gasteiger partial charge in [0.05, 0.1) is 12.8 Å². The minimum atomic E-state index is -2.01. The molecule has 0 fully saturated rings. The number of carboxylic acid groups (broad SMARTS) is 2. The van der Waals surface area contributed by atoms with Crippen molar-refractivity contribution in [1.82, 2.24) is 0 Å². The van der Waals surface area contributed by atoms with Gasteiger partial charge in [-0.1, -0.05) is 0 Å². The Morgan fingerprint density at radius 1 is 0.824 bits per heavy atom. The van der Waals surface area contributed by atoms with E-state index in [-0.39, 0.29) is 0 Å². The molecule has 0 radical (unpaired) electrons. The second-order valence-electron chi connectivity index (χ2n) is 2.96. The summed E-state index contributed by atoms with van der Waals surface area (Å²) in [5.41, 5.74) is 0. The van der Waals surface area contributed by atoms with Crippen molar-refractivity contribution in [2.24, 2.45) is 0 Å². The highest BCUT2D eigenvalue weighted by atomic mass is 16.6. The molecular weight excluding hydrogens is 240 g/mol. The average molecular weight is 250 g/mol. The maximum Gasteiger partial charge on any atom is 0.333 e. The van der Waals surface area contributed by atoms with Gasteiger partial charge in [0.2, 0.25) is 0 Å². The molecule has 0 rings (SSSR count). The summed E-state index contributed by atoms with van der Waals surface area (Å²) in [6.45, 7) is 0. The fourth-order valence-electron chi connectivity index (χ4n) is 0.701. The Labute approximate surface area is 94.2 Å². The number of carbonyl (C=O) groups is 4. The predicted octanol–water partition coefficient (Wildman–Crippen LogP) is -2.27. The van der Waals surface area contributed by atoms with Crippen LogP contribution < -0.4 is 0 Å². The molecule has 0 bridgehead atoms. The summed E-state index contributed by atoms with van der Waals surface area (Å²) in [4.78, 5) is 41.9. The van der Waals surface area contributed by atoms with Crippen molar-refractivity contribution < 1.29 is 44.3 Å². The molecule has 17 heavy (non-hydrogen) atoms. The summed E-state index contributed by atoms with van der Waals surface area (Å²) in [5.74, 6) is -6.00. The summed E-state index contributed by atoms with van der Waals surface area (Å²) in [7, 11) is 0. The van der Waals surface area contributed by atoms with Gasteiger partial charge in [0.15, 0.2) is 12.2 Å². The van der Waals surface area contributed by atoms with Crippen LogP contribution in [0.5, 0.6) is 0 Å². The van der Waals surface area contributed by atoms with E-state index in [0.717, 1.165) is 0 Å². The van der Waals surface area contributed by atoms with Crippen LogP contribution in [0, 0.1) is 0 Å². The van der Waals surface area contributed by atoms with Crippen LogP contribution in [0.4, 0.5) is 0 Å². The van der Waals surface area contributed by atoms with Gasteiger partial charge in [-0.3, -0.25) is 9.59 Å². The molecule has 0 saturated carbocycles. The third kappa shape index (κ3) is 6.22. The van der Waals surface area contributed by atoms with Gasteiger partial charge in [-0.05, 0) is 0 Å². The van der Waals surface area contributed by atoms with Crippen LogP contribution in [0.15, 0.2) is 0 Å². The van der Waals surface area contributed by atoms with E-state index < -0.39 is 48.9 Å². The third-order valence-electron chi connectivity index (χ3n) is 1.52. The van der Waals surface area contributed by atoms with Crippen LogP contribution in [-0.2, 0) is 23.9 Å². The molecule has 0 aliphatic carbocycles. The molecule has 96 valence electrons. The summed E-state index contributed by atoms with van der Waals surface area (Å²) in [6, 6.07) is 0. The fourth-order valence-corrected chi connectivity index (χ4v) is 0.701. The zero-order valence-electron chi connectivity index (χ0n) is 8.40. The number of ether oxygens (including phenoxy) is 1. The van der Waals surface area contributed by atoms with E-state index in [0.29, 0.717) is 0 Å². The Morgan fingerprint density at radius 3 is 1.35 bits per heavy atom. The van der Waals surface area contributed by atoms with Crippen molar-refractivity contribution in [2.45, 2.75) is 25.0 Å². The first-order valence-electron chi connectivity index (χ1n) is 4.29. The van der Waals surface area contributed by atoms with Gasteiger partial charge in [0, 0.05) is 0 Å². The van der Waals surface area contributed by atoms with Crippen molar-refractivity contribution in [3.63, 3.8) is 0 Å². The second kappa shape index (κ2) is 6.55. The van der Waals surface area contributed by atoms with Crippen LogP contribution >= 0.6 is 0 Å². The molecule has 0 aromatic rings. The molecule has 9 nitrogen and oxygen atoms in total. The Balaban J connectivity index is 4.09. The lowest BCUT2D eigenvalue weighted by Gasteiger charge is -2.06. The number of aliphatic hydroxyl groups is 2. The summed E-state index contributed by atoms with van der Waals surface area (Å²) in [6.07, 6.45) is -5.94. The normalized spacial score (nSPS) is 13.5. The minimum Gasteiger partial charge on any atom is -0.479 e. The third-order valence-corrected chi connectivity index (χ3v) is 1.52. The molecule has 0 aromatic heterocycles. The minimum absolute atomic E-state index is 0.954. The first-order valence-corrected chi connectivity index (χ1v) is 4.29. The average Bonchev–Trinajstić information content (AvgIpc) is 2.16. The van der Waals surface area contributed by atoms with Crippen LogP contribution in [0.2, 0.25) is 0 Å². The van der Waals surface area contributed by atoms with E-state index in [1.807, 2.05) is 0 Å². The summed E-state index contributed by atoms with van der Waals surface area (Å²) >= 11 is 0. The molecule has 4 N–H and O–H groups in total. The van der Waals surface area contributed by atoms with Crippen molar-refractivity contribution in [2.75, 3.05) is 0 Å². The predicted molar refractivity (Wildman–Crippen MR) is 47.6 cm³/mol. The van der Waals surface area contributed by atoms with Crippen molar-refractivity contribution in [3.8, 4) is 0 Å². The quantitative estimate of drug-likeness (QED) is 0.301. The number of esters is 2. The summed E-state index contributed by atoms with van der Waals surface area (Å²) in [5, 5.41) is 33.9. The Morgan fingerprint density at radius 2 is 1.12 bits per heavy atom. The zero-order valence-corrected chi connectivity index (χ0v) is 8.40. The van der Waals surface area contributed by atoms with E-state index in [1.165, 1.54) is 0 Å². The van der Waals surface area contributed by atoms with E-state index in [9.17, 15) is 19.2 Å². The molecular formula is C8H10O9. The van der Waals surface area contributed by atoms with E-state index in [1.54, 1.807) is 0 Å². The smallest absolute Gasteiger partial charge is 0.333 e. The molecule has 0 aromatic carbocycles. The highest BCUT2D eigenvalue weighted by Crippen LogP contribution is 1.99. The Kier molecular flexibility index (Phi) is 5.78. The van der Waals surface area contributed by atoms with E-state index in [2.05, 4.69) is 4.74 Å². The van der Waals surface area contributed by atoms with Gasteiger partial charge in [0.1, 0.15) is 0 Å². The van der Waals surface area contributed by atoms with E-state index >= 15 is 0 Å². The standard InChI is InChI=1S/C8H10O9/c9-3(7(13)14)1-5(11)17-6(12)2-4(10)8(15)16/h3-4,9-10H,1-2H2,(H,13,14)(H,15,16). The molecule has 0 aliphatic heterocycles. The maximum atomic E-state index is 10.8. The highest BCUT2D eigenvalue weighted by Gasteiger charge is 2.24. The Bertz CT molecular complexity index is 302. The number of aliphatic carboxylic acids is 2. The van der Waals surface area contributed by atoms with Crippen LogP contribution in [0.1, 0.15) is 12.8 Å². The molecule has 2 unspecified atom stereocenters. The monoisotopic (exact) mass is 250 g/mol. The molecule has 0 aliphatic rings. The van der Waals surface area contributed by atoms with Gasteiger partial charge in [-0.15, -0.1) is 0 Å². The molecule has 9 heteroatoms.